The third-order valence-electron chi connectivity index (χ3n) is 3.11. The number of rotatable bonds is 9. The zero-order chi connectivity index (χ0) is 17.3. The Bertz CT molecular complexity index is 598. The van der Waals surface area contributed by atoms with Gasteiger partial charge in [0, 0.05) is 33.9 Å². The molecule has 0 aliphatic heterocycles. The molecule has 7 nitrogen and oxygen atoms in total. The maximum absolute atomic E-state index is 12.0. The first kappa shape index (κ1) is 19.4. The van der Waals surface area contributed by atoms with Crippen molar-refractivity contribution in [1.29, 1.82) is 0 Å². The number of nitrogens with two attached hydrogens (primary N) is 1. The minimum absolute atomic E-state index is 0.261. The monoisotopic (exact) mass is 342 g/mol. The van der Waals surface area contributed by atoms with Gasteiger partial charge in [0.05, 0.1) is 11.4 Å². The lowest BCUT2D eigenvalue weighted by molar-refractivity contribution is 0.145. The molecule has 0 amide bonds. The molecule has 3 N–H and O–H groups in total. The first-order chi connectivity index (χ1) is 10.9. The van der Waals surface area contributed by atoms with E-state index in [4.69, 9.17) is 10.5 Å². The summed E-state index contributed by atoms with van der Waals surface area (Å²) in [5, 5.41) is 3.01. The molecule has 1 aromatic carbocycles. The van der Waals surface area contributed by atoms with E-state index < -0.39 is 10.0 Å². The van der Waals surface area contributed by atoms with Crippen molar-refractivity contribution in [2.75, 3.05) is 33.9 Å². The highest BCUT2D eigenvalue weighted by Gasteiger charge is 2.16. The van der Waals surface area contributed by atoms with E-state index in [1.807, 2.05) is 6.92 Å². The number of benzene rings is 1. The predicted octanol–water partition coefficient (Wildman–Crippen LogP) is 0.768. The molecule has 0 fully saturated rings. The van der Waals surface area contributed by atoms with Crippen LogP contribution in [0.25, 0.3) is 0 Å². The molecule has 1 aromatic rings. The van der Waals surface area contributed by atoms with Crippen LogP contribution in [0.4, 0.5) is 0 Å². The first-order valence-electron chi connectivity index (χ1n) is 7.51. The standard InChI is InChI=1S/C15H26N4O3S/c1-4-22-11-5-10-17-15(16)18-12-13-6-8-14(9-7-13)23(20,21)19(2)3/h6-9H,4-5,10-12H2,1-3H3,(H3,16,17,18). The fraction of sp³-hybridized carbons (Fsp3) is 0.533. The Labute approximate surface area is 138 Å². The summed E-state index contributed by atoms with van der Waals surface area (Å²) in [6.07, 6.45) is 0.862. The minimum Gasteiger partial charge on any atom is -0.382 e. The number of sulfonamides is 1. The second kappa shape index (κ2) is 9.49. The second-order valence-corrected chi connectivity index (χ2v) is 7.26. The highest BCUT2D eigenvalue weighted by Crippen LogP contribution is 2.14. The number of guanidine groups is 1. The predicted molar refractivity (Wildman–Crippen MR) is 91.8 cm³/mol. The van der Waals surface area contributed by atoms with Crippen molar-refractivity contribution < 1.29 is 13.2 Å². The third kappa shape index (κ3) is 6.55. The van der Waals surface area contributed by atoms with Gasteiger partial charge in [0.25, 0.3) is 0 Å². The highest BCUT2D eigenvalue weighted by atomic mass is 32.2. The van der Waals surface area contributed by atoms with Crippen molar-refractivity contribution in [2.24, 2.45) is 10.7 Å². The summed E-state index contributed by atoms with van der Waals surface area (Å²) >= 11 is 0. The Kier molecular flexibility index (Phi) is 8.01. The van der Waals surface area contributed by atoms with Crippen molar-refractivity contribution in [3.05, 3.63) is 29.8 Å². The molecule has 0 saturated heterocycles. The molecule has 0 bridgehead atoms. The third-order valence-corrected chi connectivity index (χ3v) is 4.94. The van der Waals surface area contributed by atoms with Crippen molar-refractivity contribution in [2.45, 2.75) is 24.8 Å². The highest BCUT2D eigenvalue weighted by molar-refractivity contribution is 7.89. The van der Waals surface area contributed by atoms with Crippen LogP contribution in [0.5, 0.6) is 0 Å². The Hall–Kier alpha value is -1.64. The number of nitrogens with one attached hydrogen (secondary N) is 1. The van der Waals surface area contributed by atoms with Gasteiger partial charge >= 0.3 is 0 Å². The molecule has 0 unspecified atom stereocenters. The quantitative estimate of drug-likeness (QED) is 0.392. The molecule has 130 valence electrons. The van der Waals surface area contributed by atoms with Crippen molar-refractivity contribution >= 4 is 16.0 Å². The topological polar surface area (TPSA) is 97.0 Å². The number of aliphatic imine (C=N–C) groups is 1. The van der Waals surface area contributed by atoms with Crippen LogP contribution in [0.3, 0.4) is 0 Å². The van der Waals surface area contributed by atoms with Gasteiger partial charge in [0.2, 0.25) is 10.0 Å². The van der Waals surface area contributed by atoms with Gasteiger partial charge < -0.3 is 15.8 Å². The van der Waals surface area contributed by atoms with Crippen molar-refractivity contribution in [3.63, 3.8) is 0 Å². The van der Waals surface area contributed by atoms with Crippen molar-refractivity contribution in [3.8, 4) is 0 Å². The molecule has 0 aliphatic rings. The Balaban J connectivity index is 2.50. The fourth-order valence-electron chi connectivity index (χ4n) is 1.75. The van der Waals surface area contributed by atoms with Crippen LogP contribution in [-0.2, 0) is 21.3 Å². The van der Waals surface area contributed by atoms with Crippen LogP contribution in [0.1, 0.15) is 18.9 Å². The van der Waals surface area contributed by atoms with Crippen LogP contribution < -0.4 is 11.1 Å². The van der Waals surface area contributed by atoms with Crippen LogP contribution in [-0.4, -0.2) is 52.5 Å². The number of hydrogen-bond donors (Lipinski definition) is 2. The minimum atomic E-state index is -3.40. The average molecular weight is 342 g/mol. The molecule has 0 aliphatic carbocycles. The van der Waals surface area contributed by atoms with Gasteiger partial charge in [-0.1, -0.05) is 12.1 Å². The van der Waals surface area contributed by atoms with E-state index in [0.29, 0.717) is 32.3 Å². The Morgan fingerprint density at radius 1 is 1.30 bits per heavy atom. The Morgan fingerprint density at radius 3 is 2.52 bits per heavy atom. The summed E-state index contributed by atoms with van der Waals surface area (Å²) in [5.74, 6) is 0.367. The van der Waals surface area contributed by atoms with E-state index in [-0.39, 0.29) is 4.90 Å². The maximum Gasteiger partial charge on any atom is 0.242 e. The SMILES string of the molecule is CCOCCCNC(N)=NCc1ccc(S(=O)(=O)N(C)C)cc1. The smallest absolute Gasteiger partial charge is 0.242 e. The van der Waals surface area contributed by atoms with Gasteiger partial charge in [-0.15, -0.1) is 0 Å². The lowest BCUT2D eigenvalue weighted by atomic mass is 10.2. The average Bonchev–Trinajstić information content (AvgIpc) is 2.53. The van der Waals surface area contributed by atoms with Crippen molar-refractivity contribution in [1.82, 2.24) is 9.62 Å². The molecule has 23 heavy (non-hydrogen) atoms. The summed E-state index contributed by atoms with van der Waals surface area (Å²) in [6, 6.07) is 6.63. The van der Waals surface area contributed by atoms with E-state index in [2.05, 4.69) is 10.3 Å². The van der Waals surface area contributed by atoms with Crippen LogP contribution in [0.2, 0.25) is 0 Å². The fourth-order valence-corrected chi connectivity index (χ4v) is 2.65. The van der Waals surface area contributed by atoms with E-state index in [0.717, 1.165) is 12.0 Å². The van der Waals surface area contributed by atoms with E-state index >= 15 is 0 Å². The summed E-state index contributed by atoms with van der Waals surface area (Å²) in [7, 11) is -0.385. The molecule has 0 heterocycles. The van der Waals surface area contributed by atoms with E-state index in [1.165, 1.54) is 18.4 Å². The number of nitrogens with zero attached hydrogens (tertiary/aromatic N) is 2. The normalized spacial score (nSPS) is 12.6. The number of ether oxygens (including phenoxy) is 1. The van der Waals surface area contributed by atoms with Gasteiger partial charge in [-0.2, -0.15) is 0 Å². The van der Waals surface area contributed by atoms with Crippen LogP contribution in [0, 0.1) is 0 Å². The zero-order valence-corrected chi connectivity index (χ0v) is 14.8. The molecule has 1 rings (SSSR count). The molecular weight excluding hydrogens is 316 g/mol. The maximum atomic E-state index is 12.0. The summed E-state index contributed by atoms with van der Waals surface area (Å²) < 4.78 is 30.3. The zero-order valence-electron chi connectivity index (χ0n) is 13.9. The van der Waals surface area contributed by atoms with Gasteiger partial charge in [0.15, 0.2) is 5.96 Å². The van der Waals surface area contributed by atoms with Gasteiger partial charge in [-0.3, -0.25) is 0 Å². The first-order valence-corrected chi connectivity index (χ1v) is 8.95. The summed E-state index contributed by atoms with van der Waals surface area (Å²) in [4.78, 5) is 4.48. The van der Waals surface area contributed by atoms with Gasteiger partial charge in [0.1, 0.15) is 0 Å². The number of hydrogen-bond acceptors (Lipinski definition) is 4. The van der Waals surface area contributed by atoms with E-state index in [9.17, 15) is 8.42 Å². The largest absolute Gasteiger partial charge is 0.382 e. The molecule has 0 aromatic heterocycles. The molecule has 8 heteroatoms. The molecule has 0 saturated carbocycles. The molecule has 0 radical (unpaired) electrons. The summed E-state index contributed by atoms with van der Waals surface area (Å²) in [6.45, 7) is 4.46. The van der Waals surface area contributed by atoms with Crippen LogP contribution in [0.15, 0.2) is 34.2 Å². The Morgan fingerprint density at radius 2 is 1.96 bits per heavy atom. The summed E-state index contributed by atoms with van der Waals surface area (Å²) in [5.41, 5.74) is 6.66. The van der Waals surface area contributed by atoms with Gasteiger partial charge in [-0.25, -0.2) is 17.7 Å². The lowest BCUT2D eigenvalue weighted by Gasteiger charge is -2.11. The lowest BCUT2D eigenvalue weighted by Crippen LogP contribution is -2.32. The molecule has 0 spiro atoms. The molecular formula is C15H26N4O3S. The molecule has 0 atom stereocenters. The second-order valence-electron chi connectivity index (χ2n) is 5.11. The van der Waals surface area contributed by atoms with Crippen LogP contribution >= 0.6 is 0 Å². The van der Waals surface area contributed by atoms with Gasteiger partial charge in [-0.05, 0) is 31.0 Å². The van der Waals surface area contributed by atoms with E-state index in [1.54, 1.807) is 24.3 Å².